The van der Waals surface area contributed by atoms with E-state index in [9.17, 15) is 0 Å². The standard InChI is InChI=1S/C15H23Cl2N/c1-10(15(3,4)5)9-18-11(2)13-7-6-12(16)8-14(13)17/h6-8,10-11,18H,9H2,1-5H3. The van der Waals surface area contributed by atoms with Crippen molar-refractivity contribution in [3.63, 3.8) is 0 Å². The zero-order valence-corrected chi connectivity index (χ0v) is 13.4. The number of halogens is 2. The van der Waals surface area contributed by atoms with Crippen LogP contribution in [0.1, 0.15) is 46.2 Å². The number of benzene rings is 1. The second kappa shape index (κ2) is 6.27. The van der Waals surface area contributed by atoms with Crippen LogP contribution in [0.2, 0.25) is 10.0 Å². The van der Waals surface area contributed by atoms with E-state index in [1.54, 1.807) is 6.07 Å². The van der Waals surface area contributed by atoms with Gasteiger partial charge in [-0.25, -0.2) is 0 Å². The average molecular weight is 288 g/mol. The molecule has 1 aromatic rings. The topological polar surface area (TPSA) is 12.0 Å². The Labute approximate surface area is 121 Å². The highest BCUT2D eigenvalue weighted by atomic mass is 35.5. The number of nitrogens with one attached hydrogen (secondary N) is 1. The second-order valence-corrected chi connectivity index (χ2v) is 6.91. The summed E-state index contributed by atoms with van der Waals surface area (Å²) in [6.45, 7) is 12.2. The van der Waals surface area contributed by atoms with Gasteiger partial charge in [0.1, 0.15) is 0 Å². The van der Waals surface area contributed by atoms with Crippen LogP contribution in [0, 0.1) is 11.3 Å². The van der Waals surface area contributed by atoms with Crippen LogP contribution >= 0.6 is 23.2 Å². The maximum absolute atomic E-state index is 6.21. The third kappa shape index (κ3) is 4.46. The van der Waals surface area contributed by atoms with Gasteiger partial charge in [-0.1, -0.05) is 57.0 Å². The normalized spacial score (nSPS) is 15.5. The van der Waals surface area contributed by atoms with Gasteiger partial charge in [0.2, 0.25) is 0 Å². The summed E-state index contributed by atoms with van der Waals surface area (Å²) in [5.74, 6) is 0.603. The van der Waals surface area contributed by atoms with Crippen LogP contribution < -0.4 is 5.32 Å². The van der Waals surface area contributed by atoms with Gasteiger partial charge in [-0.3, -0.25) is 0 Å². The Morgan fingerprint density at radius 2 is 1.78 bits per heavy atom. The van der Waals surface area contributed by atoms with Crippen LogP contribution in [0.5, 0.6) is 0 Å². The summed E-state index contributed by atoms with van der Waals surface area (Å²) in [4.78, 5) is 0. The molecular formula is C15H23Cl2N. The highest BCUT2D eigenvalue weighted by Crippen LogP contribution is 2.28. The van der Waals surface area contributed by atoms with E-state index in [2.05, 4.69) is 39.9 Å². The minimum atomic E-state index is 0.236. The molecule has 1 rings (SSSR count). The van der Waals surface area contributed by atoms with Gasteiger partial charge in [-0.2, -0.15) is 0 Å². The molecule has 1 N–H and O–H groups in total. The molecule has 0 aliphatic heterocycles. The molecule has 0 aliphatic rings. The van der Waals surface area contributed by atoms with Crippen molar-refractivity contribution in [2.45, 2.75) is 40.7 Å². The van der Waals surface area contributed by atoms with Gasteiger partial charge in [0.15, 0.2) is 0 Å². The first-order valence-electron chi connectivity index (χ1n) is 6.40. The highest BCUT2D eigenvalue weighted by Gasteiger charge is 2.20. The number of hydrogen-bond acceptors (Lipinski definition) is 1. The lowest BCUT2D eigenvalue weighted by Gasteiger charge is -2.29. The summed E-state index contributed by atoms with van der Waals surface area (Å²) in [7, 11) is 0. The third-order valence-corrected chi connectivity index (χ3v) is 4.20. The van der Waals surface area contributed by atoms with E-state index in [4.69, 9.17) is 23.2 Å². The van der Waals surface area contributed by atoms with Gasteiger partial charge in [-0.15, -0.1) is 0 Å². The summed E-state index contributed by atoms with van der Waals surface area (Å²) < 4.78 is 0. The van der Waals surface area contributed by atoms with Crippen LogP contribution in [0.3, 0.4) is 0 Å². The van der Waals surface area contributed by atoms with Crippen molar-refractivity contribution in [2.75, 3.05) is 6.54 Å². The molecule has 1 nitrogen and oxygen atoms in total. The molecule has 0 fully saturated rings. The van der Waals surface area contributed by atoms with E-state index < -0.39 is 0 Å². The molecule has 0 saturated heterocycles. The van der Waals surface area contributed by atoms with Crippen molar-refractivity contribution in [3.05, 3.63) is 33.8 Å². The molecule has 0 spiro atoms. The summed E-state index contributed by atoms with van der Waals surface area (Å²) in [5, 5.41) is 4.95. The SMILES string of the molecule is CC(NCC(C)C(C)(C)C)c1ccc(Cl)cc1Cl. The Bertz CT molecular complexity index is 396. The summed E-state index contributed by atoms with van der Waals surface area (Å²) >= 11 is 12.1. The summed E-state index contributed by atoms with van der Waals surface area (Å²) in [6.07, 6.45) is 0. The maximum atomic E-state index is 6.21. The van der Waals surface area contributed by atoms with Crippen molar-refractivity contribution >= 4 is 23.2 Å². The first kappa shape index (κ1) is 15.8. The fourth-order valence-electron chi connectivity index (χ4n) is 1.62. The Hall–Kier alpha value is -0.240. The van der Waals surface area contributed by atoms with Gasteiger partial charge in [0.05, 0.1) is 0 Å². The van der Waals surface area contributed by atoms with E-state index in [1.807, 2.05) is 12.1 Å². The first-order chi connectivity index (χ1) is 8.21. The van der Waals surface area contributed by atoms with Crippen LogP contribution in [0.4, 0.5) is 0 Å². The summed E-state index contributed by atoms with van der Waals surface area (Å²) in [5.41, 5.74) is 1.42. The van der Waals surface area contributed by atoms with Gasteiger partial charge in [0, 0.05) is 16.1 Å². The molecule has 2 atom stereocenters. The van der Waals surface area contributed by atoms with Crippen LogP contribution in [0.25, 0.3) is 0 Å². The average Bonchev–Trinajstić information content (AvgIpc) is 2.24. The fourth-order valence-corrected chi connectivity index (χ4v) is 2.19. The third-order valence-electron chi connectivity index (χ3n) is 3.64. The molecular weight excluding hydrogens is 265 g/mol. The zero-order valence-electron chi connectivity index (χ0n) is 11.8. The quantitative estimate of drug-likeness (QED) is 0.790. The van der Waals surface area contributed by atoms with Crippen molar-refractivity contribution in [2.24, 2.45) is 11.3 Å². The molecule has 102 valence electrons. The molecule has 0 radical (unpaired) electrons. The molecule has 0 bridgehead atoms. The van der Waals surface area contributed by atoms with Gasteiger partial charge < -0.3 is 5.32 Å². The van der Waals surface area contributed by atoms with E-state index in [0.717, 1.165) is 17.1 Å². The van der Waals surface area contributed by atoms with Crippen LogP contribution in [-0.2, 0) is 0 Å². The fraction of sp³-hybridized carbons (Fsp3) is 0.600. The van der Waals surface area contributed by atoms with Crippen molar-refractivity contribution in [1.29, 1.82) is 0 Å². The molecule has 2 unspecified atom stereocenters. The molecule has 0 aliphatic carbocycles. The predicted molar refractivity (Wildman–Crippen MR) is 81.5 cm³/mol. The van der Waals surface area contributed by atoms with Gasteiger partial charge in [-0.05, 0) is 42.5 Å². The highest BCUT2D eigenvalue weighted by molar-refractivity contribution is 6.35. The minimum Gasteiger partial charge on any atom is -0.310 e. The van der Waals surface area contributed by atoms with Crippen molar-refractivity contribution in [1.82, 2.24) is 5.32 Å². The van der Waals surface area contributed by atoms with Crippen LogP contribution in [0.15, 0.2) is 18.2 Å². The summed E-state index contributed by atoms with van der Waals surface area (Å²) in [6, 6.07) is 5.90. The second-order valence-electron chi connectivity index (χ2n) is 6.06. The lowest BCUT2D eigenvalue weighted by Crippen LogP contribution is -2.31. The Morgan fingerprint density at radius 3 is 2.28 bits per heavy atom. The monoisotopic (exact) mass is 287 g/mol. The zero-order chi connectivity index (χ0) is 13.9. The molecule has 3 heteroatoms. The Morgan fingerprint density at radius 1 is 1.17 bits per heavy atom. The molecule has 0 amide bonds. The van der Waals surface area contributed by atoms with E-state index in [1.165, 1.54) is 0 Å². The lowest BCUT2D eigenvalue weighted by molar-refractivity contribution is 0.247. The molecule has 0 saturated carbocycles. The van der Waals surface area contributed by atoms with Gasteiger partial charge in [0.25, 0.3) is 0 Å². The Balaban J connectivity index is 2.63. The maximum Gasteiger partial charge on any atom is 0.0468 e. The van der Waals surface area contributed by atoms with E-state index in [-0.39, 0.29) is 6.04 Å². The first-order valence-corrected chi connectivity index (χ1v) is 7.15. The van der Waals surface area contributed by atoms with Crippen molar-refractivity contribution in [3.8, 4) is 0 Å². The van der Waals surface area contributed by atoms with Crippen molar-refractivity contribution < 1.29 is 0 Å². The molecule has 0 heterocycles. The van der Waals surface area contributed by atoms with E-state index in [0.29, 0.717) is 16.4 Å². The molecule has 1 aromatic carbocycles. The van der Waals surface area contributed by atoms with Crippen LogP contribution in [-0.4, -0.2) is 6.54 Å². The Kier molecular flexibility index (Phi) is 5.51. The molecule has 18 heavy (non-hydrogen) atoms. The molecule has 0 aromatic heterocycles. The lowest BCUT2D eigenvalue weighted by atomic mass is 9.82. The number of rotatable bonds is 4. The number of hydrogen-bond donors (Lipinski definition) is 1. The smallest absolute Gasteiger partial charge is 0.0468 e. The predicted octanol–water partition coefficient (Wildman–Crippen LogP) is 5.33. The van der Waals surface area contributed by atoms with E-state index >= 15 is 0 Å². The largest absolute Gasteiger partial charge is 0.310 e. The van der Waals surface area contributed by atoms with Gasteiger partial charge >= 0.3 is 0 Å². The minimum absolute atomic E-state index is 0.236.